The molecular weight excluding hydrogens is 335 g/mol. The Morgan fingerprint density at radius 1 is 1.00 bits per heavy atom. The van der Waals surface area contributed by atoms with Crippen LogP contribution in [0.15, 0.2) is 54.6 Å². The predicted octanol–water partition coefficient (Wildman–Crippen LogP) is 3.77. The SMILES string of the molecule is Nc1ccc(/C=C/C(=O)c2ccc([125I])cc2)cc1. The Labute approximate surface area is 120 Å². The van der Waals surface area contributed by atoms with E-state index in [1.165, 1.54) is 0 Å². The van der Waals surface area contributed by atoms with Crippen LogP contribution in [0.4, 0.5) is 5.69 Å². The van der Waals surface area contributed by atoms with Crippen molar-refractivity contribution in [3.05, 3.63) is 69.3 Å². The zero-order chi connectivity index (χ0) is 13.0. The van der Waals surface area contributed by atoms with Crippen LogP contribution in [0.1, 0.15) is 15.9 Å². The summed E-state index contributed by atoms with van der Waals surface area (Å²) in [6, 6.07) is 14.9. The van der Waals surface area contributed by atoms with Crippen LogP contribution in [-0.2, 0) is 0 Å². The number of allylic oxidation sites excluding steroid dienone is 1. The second-order valence-electron chi connectivity index (χ2n) is 3.87. The van der Waals surface area contributed by atoms with Crippen LogP contribution in [0.5, 0.6) is 0 Å². The first kappa shape index (κ1) is 12.8. The molecule has 0 spiro atoms. The second-order valence-corrected chi connectivity index (χ2v) is 5.12. The number of ketones is 1. The highest BCUT2D eigenvalue weighted by atomic mass is 125. The van der Waals surface area contributed by atoms with Crippen LogP contribution in [0, 0.1) is 3.57 Å². The number of anilines is 1. The van der Waals surface area contributed by atoms with Gasteiger partial charge in [-0.25, -0.2) is 0 Å². The largest absolute Gasteiger partial charge is 0.399 e. The third-order valence-corrected chi connectivity index (χ3v) is 3.21. The van der Waals surface area contributed by atoms with Gasteiger partial charge in [-0.15, -0.1) is 0 Å². The number of nitrogen functional groups attached to an aromatic ring is 1. The molecule has 0 aliphatic rings. The van der Waals surface area contributed by atoms with Gasteiger partial charge in [0.2, 0.25) is 0 Å². The third-order valence-electron chi connectivity index (χ3n) is 2.49. The molecule has 2 nitrogen and oxygen atoms in total. The molecule has 0 unspecified atom stereocenters. The van der Waals surface area contributed by atoms with Gasteiger partial charge in [-0.1, -0.05) is 30.3 Å². The smallest absolute Gasteiger partial charge is 0.185 e. The van der Waals surface area contributed by atoms with Crippen molar-refractivity contribution in [3.63, 3.8) is 0 Å². The standard InChI is InChI=1S/C15H12INO/c16-13-6-4-12(5-7-13)15(18)10-3-11-1-8-14(17)9-2-11/h1-10H,17H2/b10-3+/i16-2. The Morgan fingerprint density at radius 3 is 2.22 bits per heavy atom. The Kier molecular flexibility index (Phi) is 4.15. The summed E-state index contributed by atoms with van der Waals surface area (Å²) >= 11 is 2.21. The van der Waals surface area contributed by atoms with Gasteiger partial charge in [0.25, 0.3) is 0 Å². The van der Waals surface area contributed by atoms with Gasteiger partial charge in [0.05, 0.1) is 0 Å². The fraction of sp³-hybridized carbons (Fsp3) is 0. The maximum atomic E-state index is 11.9. The van der Waals surface area contributed by atoms with Gasteiger partial charge < -0.3 is 5.73 Å². The van der Waals surface area contributed by atoms with Crippen molar-refractivity contribution in [2.75, 3.05) is 5.73 Å². The number of carbonyl (C=O) groups is 1. The highest BCUT2D eigenvalue weighted by Crippen LogP contribution is 2.10. The molecule has 18 heavy (non-hydrogen) atoms. The van der Waals surface area contributed by atoms with Crippen molar-refractivity contribution in [1.29, 1.82) is 0 Å². The Morgan fingerprint density at radius 2 is 1.61 bits per heavy atom. The zero-order valence-electron chi connectivity index (χ0n) is 9.64. The van der Waals surface area contributed by atoms with Crippen molar-refractivity contribution in [2.45, 2.75) is 0 Å². The van der Waals surface area contributed by atoms with Gasteiger partial charge in [0.15, 0.2) is 5.78 Å². The zero-order valence-corrected chi connectivity index (χ0v) is 11.8. The molecule has 0 fully saturated rings. The van der Waals surface area contributed by atoms with Crippen molar-refractivity contribution in [3.8, 4) is 0 Å². The van der Waals surface area contributed by atoms with Crippen LogP contribution in [0.25, 0.3) is 6.08 Å². The molecule has 0 heterocycles. The van der Waals surface area contributed by atoms with Gasteiger partial charge in [-0.05, 0) is 58.5 Å². The third kappa shape index (κ3) is 3.43. The summed E-state index contributed by atoms with van der Waals surface area (Å²) < 4.78 is 1.12. The normalized spacial score (nSPS) is 10.7. The second kappa shape index (κ2) is 5.82. The van der Waals surface area contributed by atoms with Crippen molar-refractivity contribution in [1.82, 2.24) is 0 Å². The molecule has 0 aliphatic carbocycles. The Bertz CT molecular complexity index is 570. The van der Waals surface area contributed by atoms with E-state index in [-0.39, 0.29) is 5.78 Å². The monoisotopic (exact) mass is 347 g/mol. The Balaban J connectivity index is 2.11. The van der Waals surface area contributed by atoms with Gasteiger partial charge in [0.1, 0.15) is 0 Å². The van der Waals surface area contributed by atoms with Gasteiger partial charge in [-0.3, -0.25) is 4.79 Å². The number of halogens is 1. The van der Waals surface area contributed by atoms with Crippen molar-refractivity contribution >= 4 is 40.1 Å². The number of rotatable bonds is 3. The lowest BCUT2D eigenvalue weighted by Crippen LogP contribution is -1.93. The lowest BCUT2D eigenvalue weighted by molar-refractivity contribution is 0.104. The van der Waals surface area contributed by atoms with Crippen LogP contribution in [0.3, 0.4) is 0 Å². The summed E-state index contributed by atoms with van der Waals surface area (Å²) in [5.41, 5.74) is 7.97. The first-order valence-corrected chi connectivity index (χ1v) is 6.56. The summed E-state index contributed by atoms with van der Waals surface area (Å²) in [4.78, 5) is 11.9. The number of carbonyl (C=O) groups excluding carboxylic acids is 1. The quantitative estimate of drug-likeness (QED) is 0.398. The number of hydrogen-bond acceptors (Lipinski definition) is 2. The summed E-state index contributed by atoms with van der Waals surface area (Å²) in [5.74, 6) is 0.00299. The predicted molar refractivity (Wildman–Crippen MR) is 83.4 cm³/mol. The van der Waals surface area contributed by atoms with Crippen molar-refractivity contribution < 1.29 is 4.79 Å². The minimum Gasteiger partial charge on any atom is -0.399 e. The van der Waals surface area contributed by atoms with E-state index in [2.05, 4.69) is 22.6 Å². The molecule has 90 valence electrons. The van der Waals surface area contributed by atoms with Crippen LogP contribution in [0.2, 0.25) is 0 Å². The topological polar surface area (TPSA) is 43.1 Å². The molecule has 0 amide bonds. The molecule has 0 saturated carbocycles. The average Bonchev–Trinajstić information content (AvgIpc) is 2.38. The Hall–Kier alpha value is -1.62. The molecule has 0 aliphatic heterocycles. The summed E-state index contributed by atoms with van der Waals surface area (Å²) in [6.07, 6.45) is 3.37. The lowest BCUT2D eigenvalue weighted by atomic mass is 10.1. The summed E-state index contributed by atoms with van der Waals surface area (Å²) in [6.45, 7) is 0. The highest BCUT2D eigenvalue weighted by molar-refractivity contribution is 14.1. The average molecular weight is 347 g/mol. The maximum absolute atomic E-state index is 11.9. The molecule has 0 atom stereocenters. The maximum Gasteiger partial charge on any atom is 0.185 e. The molecule has 0 radical (unpaired) electrons. The highest BCUT2D eigenvalue weighted by Gasteiger charge is 2.00. The number of benzene rings is 2. The minimum absolute atomic E-state index is 0.00299. The number of hydrogen-bond donors (Lipinski definition) is 1. The molecule has 2 rings (SSSR count). The minimum atomic E-state index is 0.00299. The fourth-order valence-electron chi connectivity index (χ4n) is 1.49. The summed E-state index contributed by atoms with van der Waals surface area (Å²) in [5, 5.41) is 0. The van der Waals surface area contributed by atoms with E-state index in [1.54, 1.807) is 12.2 Å². The van der Waals surface area contributed by atoms with Gasteiger partial charge in [-0.2, -0.15) is 0 Å². The van der Waals surface area contributed by atoms with E-state index in [4.69, 9.17) is 5.73 Å². The van der Waals surface area contributed by atoms with E-state index in [1.807, 2.05) is 48.5 Å². The molecule has 0 aromatic heterocycles. The van der Waals surface area contributed by atoms with Crippen LogP contribution < -0.4 is 5.73 Å². The van der Waals surface area contributed by atoms with Crippen LogP contribution in [-0.4, -0.2) is 5.78 Å². The lowest BCUT2D eigenvalue weighted by Gasteiger charge is -1.97. The van der Waals surface area contributed by atoms with E-state index in [0.29, 0.717) is 5.56 Å². The van der Waals surface area contributed by atoms with E-state index >= 15 is 0 Å². The van der Waals surface area contributed by atoms with Gasteiger partial charge in [0, 0.05) is 14.8 Å². The molecule has 0 saturated heterocycles. The number of nitrogens with two attached hydrogens (primary N) is 1. The molecule has 2 aromatic rings. The molecule has 2 N–H and O–H groups in total. The molecular formula is C15H12INO. The van der Waals surface area contributed by atoms with E-state index in [9.17, 15) is 4.79 Å². The fourth-order valence-corrected chi connectivity index (χ4v) is 1.85. The van der Waals surface area contributed by atoms with Crippen molar-refractivity contribution in [2.24, 2.45) is 0 Å². The van der Waals surface area contributed by atoms with Gasteiger partial charge >= 0.3 is 0 Å². The van der Waals surface area contributed by atoms with Crippen LogP contribution >= 0.6 is 22.6 Å². The van der Waals surface area contributed by atoms with E-state index in [0.717, 1.165) is 14.8 Å². The first-order chi connectivity index (χ1) is 8.65. The summed E-state index contributed by atoms with van der Waals surface area (Å²) in [7, 11) is 0. The van der Waals surface area contributed by atoms with E-state index < -0.39 is 0 Å². The molecule has 2 aromatic carbocycles. The molecule has 3 heteroatoms. The molecule has 0 bridgehead atoms. The first-order valence-electron chi connectivity index (χ1n) is 5.49.